The molecule has 0 unspecified atom stereocenters. The van der Waals surface area contributed by atoms with Crippen LogP contribution in [-0.2, 0) is 19.2 Å². The fourth-order valence-corrected chi connectivity index (χ4v) is 1.11. The van der Waals surface area contributed by atoms with Crippen molar-refractivity contribution in [3.05, 3.63) is 0 Å². The largest absolute Gasteiger partial charge is 0.480 e. The van der Waals surface area contributed by atoms with Crippen LogP contribution in [0.25, 0.3) is 0 Å². The van der Waals surface area contributed by atoms with Gasteiger partial charge in [-0.25, -0.2) is 4.79 Å². The van der Waals surface area contributed by atoms with E-state index in [0.29, 0.717) is 0 Å². The molecule has 8 N–H and O–H groups in total. The summed E-state index contributed by atoms with van der Waals surface area (Å²) >= 11 is 0. The summed E-state index contributed by atoms with van der Waals surface area (Å²) in [6.45, 7) is 0. The second-order valence-electron chi connectivity index (χ2n) is 3.68. The highest BCUT2D eigenvalue weighted by molar-refractivity contribution is 5.90. The number of nitrogens with two attached hydrogens (primary N) is 3. The maximum atomic E-state index is 11.4. The Morgan fingerprint density at radius 2 is 1.67 bits per heavy atom. The van der Waals surface area contributed by atoms with Crippen molar-refractivity contribution in [1.82, 2.24) is 5.32 Å². The molecule has 0 rings (SSSR count). The van der Waals surface area contributed by atoms with E-state index in [9.17, 15) is 19.2 Å². The van der Waals surface area contributed by atoms with Crippen molar-refractivity contribution >= 4 is 23.7 Å². The number of carboxylic acids is 1. The first-order valence-electron chi connectivity index (χ1n) is 5.09. The van der Waals surface area contributed by atoms with Crippen molar-refractivity contribution in [2.75, 3.05) is 0 Å². The third-order valence-electron chi connectivity index (χ3n) is 2.06. The molecule has 0 bridgehead atoms. The molecule has 3 amide bonds. The number of aliphatic carboxylic acids is 1. The molecular formula is C9H16N4O5. The Balaban J connectivity index is 4.36. The number of nitrogens with one attached hydrogen (secondary N) is 1. The van der Waals surface area contributed by atoms with Gasteiger partial charge in [0.15, 0.2) is 0 Å². The highest BCUT2D eigenvalue weighted by Gasteiger charge is 2.24. The van der Waals surface area contributed by atoms with Gasteiger partial charge in [-0.2, -0.15) is 0 Å². The second kappa shape index (κ2) is 7.22. The molecule has 18 heavy (non-hydrogen) atoms. The van der Waals surface area contributed by atoms with Crippen LogP contribution in [0.4, 0.5) is 0 Å². The Labute approximate surface area is 103 Å². The smallest absolute Gasteiger partial charge is 0.326 e. The molecule has 2 atom stereocenters. The van der Waals surface area contributed by atoms with Gasteiger partial charge in [0, 0.05) is 6.42 Å². The van der Waals surface area contributed by atoms with Crippen molar-refractivity contribution in [2.45, 2.75) is 31.3 Å². The van der Waals surface area contributed by atoms with E-state index < -0.39 is 42.2 Å². The molecule has 0 aromatic rings. The van der Waals surface area contributed by atoms with E-state index in [1.165, 1.54) is 0 Å². The number of hydrogen-bond acceptors (Lipinski definition) is 5. The number of carbonyl (C=O) groups excluding carboxylic acids is 3. The van der Waals surface area contributed by atoms with E-state index >= 15 is 0 Å². The molecule has 0 fully saturated rings. The van der Waals surface area contributed by atoms with Gasteiger partial charge in [0.1, 0.15) is 6.04 Å². The average Bonchev–Trinajstić information content (AvgIpc) is 2.23. The quantitative estimate of drug-likeness (QED) is 0.310. The molecule has 0 aliphatic heterocycles. The second-order valence-corrected chi connectivity index (χ2v) is 3.68. The van der Waals surface area contributed by atoms with Crippen LogP contribution in [-0.4, -0.2) is 40.9 Å². The Bertz CT molecular complexity index is 357. The molecule has 0 aromatic carbocycles. The van der Waals surface area contributed by atoms with Crippen LogP contribution in [0.3, 0.4) is 0 Å². The first kappa shape index (κ1) is 15.8. The molecule has 0 aliphatic rings. The Morgan fingerprint density at radius 3 is 2.06 bits per heavy atom. The fourth-order valence-electron chi connectivity index (χ4n) is 1.11. The maximum absolute atomic E-state index is 11.4. The van der Waals surface area contributed by atoms with E-state index in [1.807, 2.05) is 0 Å². The van der Waals surface area contributed by atoms with E-state index in [1.54, 1.807) is 0 Å². The molecule has 0 aromatic heterocycles. The zero-order valence-electron chi connectivity index (χ0n) is 9.59. The molecule has 0 spiro atoms. The van der Waals surface area contributed by atoms with E-state index in [4.69, 9.17) is 22.3 Å². The van der Waals surface area contributed by atoms with Gasteiger partial charge in [-0.05, 0) is 6.42 Å². The summed E-state index contributed by atoms with van der Waals surface area (Å²) in [6, 6.07) is -2.51. The molecule has 102 valence electrons. The van der Waals surface area contributed by atoms with Crippen molar-refractivity contribution < 1.29 is 24.3 Å². The third kappa shape index (κ3) is 6.43. The van der Waals surface area contributed by atoms with Crippen molar-refractivity contribution in [3.63, 3.8) is 0 Å². The molecule has 0 aliphatic carbocycles. The molecule has 9 nitrogen and oxygen atoms in total. The highest BCUT2D eigenvalue weighted by atomic mass is 16.4. The molecular weight excluding hydrogens is 244 g/mol. The number of carboxylic acid groups (broad SMARTS) is 1. The van der Waals surface area contributed by atoms with Crippen molar-refractivity contribution in [3.8, 4) is 0 Å². The van der Waals surface area contributed by atoms with Crippen LogP contribution >= 0.6 is 0 Å². The standard InChI is InChI=1S/C9H16N4O5/c10-4(1-2-6(11)14)8(16)13-5(9(17)18)3-7(12)15/h4-5H,1-3,10H2,(H2,11,14)(H2,12,15)(H,13,16)(H,17,18)/t4-,5-/m0/s1. The molecule has 0 saturated heterocycles. The van der Waals surface area contributed by atoms with Crippen LogP contribution in [0.5, 0.6) is 0 Å². The van der Waals surface area contributed by atoms with Gasteiger partial charge in [0.2, 0.25) is 17.7 Å². The lowest BCUT2D eigenvalue weighted by Crippen LogP contribution is -2.49. The molecule has 0 saturated carbocycles. The van der Waals surface area contributed by atoms with Crippen LogP contribution in [0.2, 0.25) is 0 Å². The van der Waals surface area contributed by atoms with Gasteiger partial charge in [-0.3, -0.25) is 14.4 Å². The van der Waals surface area contributed by atoms with Crippen molar-refractivity contribution in [1.29, 1.82) is 0 Å². The minimum atomic E-state index is -1.44. The molecule has 0 heterocycles. The summed E-state index contributed by atoms with van der Waals surface area (Å²) in [4.78, 5) is 43.2. The molecule has 0 radical (unpaired) electrons. The lowest BCUT2D eigenvalue weighted by atomic mass is 10.1. The van der Waals surface area contributed by atoms with Gasteiger partial charge >= 0.3 is 5.97 Å². The molecule has 9 heteroatoms. The van der Waals surface area contributed by atoms with Gasteiger partial charge in [0.25, 0.3) is 0 Å². The zero-order valence-corrected chi connectivity index (χ0v) is 9.59. The number of amides is 3. The fraction of sp³-hybridized carbons (Fsp3) is 0.556. The lowest BCUT2D eigenvalue weighted by Gasteiger charge is -2.16. The highest BCUT2D eigenvalue weighted by Crippen LogP contribution is 1.97. The average molecular weight is 260 g/mol. The van der Waals surface area contributed by atoms with Gasteiger partial charge in [-0.15, -0.1) is 0 Å². The van der Waals surface area contributed by atoms with Gasteiger partial charge in [0.05, 0.1) is 12.5 Å². The predicted molar refractivity (Wildman–Crippen MR) is 59.8 cm³/mol. The summed E-state index contributed by atoms with van der Waals surface area (Å²) in [7, 11) is 0. The Hall–Kier alpha value is -2.16. The number of hydrogen-bond donors (Lipinski definition) is 5. The van der Waals surface area contributed by atoms with Crippen LogP contribution in [0, 0.1) is 0 Å². The summed E-state index contributed by atoms with van der Waals surface area (Å²) < 4.78 is 0. The third-order valence-corrected chi connectivity index (χ3v) is 2.06. The first-order valence-corrected chi connectivity index (χ1v) is 5.09. The Morgan fingerprint density at radius 1 is 1.11 bits per heavy atom. The SMILES string of the molecule is NC(=O)CC[C@H](N)C(=O)N[C@@H](CC(N)=O)C(=O)O. The van der Waals surface area contributed by atoms with E-state index in [0.717, 1.165) is 0 Å². The topological polar surface area (TPSA) is 179 Å². The minimum absolute atomic E-state index is 0.00984. The van der Waals surface area contributed by atoms with Gasteiger partial charge < -0.3 is 27.6 Å². The normalized spacial score (nSPS) is 13.4. The number of rotatable bonds is 8. The zero-order chi connectivity index (χ0) is 14.3. The number of primary amides is 2. The van der Waals surface area contributed by atoms with Crippen molar-refractivity contribution in [2.24, 2.45) is 17.2 Å². The first-order chi connectivity index (χ1) is 8.23. The minimum Gasteiger partial charge on any atom is -0.480 e. The Kier molecular flexibility index (Phi) is 6.35. The number of carbonyl (C=O) groups is 4. The summed E-state index contributed by atoms with van der Waals surface area (Å²) in [6.07, 6.45) is -0.643. The lowest BCUT2D eigenvalue weighted by molar-refractivity contribution is -0.143. The summed E-state index contributed by atoms with van der Waals surface area (Å²) in [5.41, 5.74) is 15.1. The van der Waals surface area contributed by atoms with Crippen LogP contribution in [0.1, 0.15) is 19.3 Å². The van der Waals surface area contributed by atoms with Gasteiger partial charge in [-0.1, -0.05) is 0 Å². The predicted octanol–water partition coefficient (Wildman–Crippen LogP) is -2.98. The van der Waals surface area contributed by atoms with Crippen LogP contribution in [0.15, 0.2) is 0 Å². The monoisotopic (exact) mass is 260 g/mol. The summed E-state index contributed by atoms with van der Waals surface area (Å²) in [5.74, 6) is -3.67. The van der Waals surface area contributed by atoms with Crippen LogP contribution < -0.4 is 22.5 Å². The van der Waals surface area contributed by atoms with E-state index in [2.05, 4.69) is 5.32 Å². The summed E-state index contributed by atoms with van der Waals surface area (Å²) in [5, 5.41) is 10.8. The van der Waals surface area contributed by atoms with E-state index in [-0.39, 0.29) is 12.8 Å². The maximum Gasteiger partial charge on any atom is 0.326 e.